The molecule has 0 aliphatic carbocycles. The van der Waals surface area contributed by atoms with Crippen molar-refractivity contribution in [1.29, 1.82) is 0 Å². The van der Waals surface area contributed by atoms with Crippen molar-refractivity contribution in [3.63, 3.8) is 0 Å². The lowest BCUT2D eigenvalue weighted by atomic mass is 10.0. The quantitative estimate of drug-likeness (QED) is 0.218. The van der Waals surface area contributed by atoms with E-state index in [1.54, 1.807) is 0 Å². The molecule has 0 saturated carbocycles. The van der Waals surface area contributed by atoms with Gasteiger partial charge in [-0.1, -0.05) is 64.0 Å². The van der Waals surface area contributed by atoms with Gasteiger partial charge in [-0.05, 0) is 19.3 Å². The van der Waals surface area contributed by atoms with E-state index in [2.05, 4.69) is 16.4 Å². The summed E-state index contributed by atoms with van der Waals surface area (Å²) in [5.41, 5.74) is 0. The van der Waals surface area contributed by atoms with Crippen molar-refractivity contribution in [1.82, 2.24) is 0 Å². The third kappa shape index (κ3) is 10.4. The number of carbonyl (C=O) groups excluding carboxylic acids is 2. The third-order valence-electron chi connectivity index (χ3n) is 3.73. The average Bonchev–Trinajstić information content (AvgIpc) is 2.54. The summed E-state index contributed by atoms with van der Waals surface area (Å²) in [6.45, 7) is 2.23. The minimum Gasteiger partial charge on any atom is -0.468 e. The predicted molar refractivity (Wildman–Crippen MR) is 88.5 cm³/mol. The first kappa shape index (κ1) is 20.7. The lowest BCUT2D eigenvalue weighted by Crippen LogP contribution is -2.25. The molecule has 0 amide bonds. The molecule has 0 aliphatic heterocycles. The summed E-state index contributed by atoms with van der Waals surface area (Å²) < 4.78 is 9.22. The van der Waals surface area contributed by atoms with Crippen LogP contribution in [0.1, 0.15) is 71.1 Å². The van der Waals surface area contributed by atoms with E-state index in [0.717, 1.165) is 12.8 Å². The van der Waals surface area contributed by atoms with Crippen LogP contribution in [0.5, 0.6) is 0 Å². The molecule has 0 radical (unpaired) electrons. The van der Waals surface area contributed by atoms with Gasteiger partial charge in [0.2, 0.25) is 0 Å². The van der Waals surface area contributed by atoms with E-state index in [-0.39, 0.29) is 0 Å². The first-order valence-electron chi connectivity index (χ1n) is 8.48. The largest absolute Gasteiger partial charge is 0.468 e. The topological polar surface area (TPSA) is 52.6 Å². The molecule has 0 fully saturated rings. The molecule has 0 aromatic heterocycles. The van der Waals surface area contributed by atoms with Gasteiger partial charge in [-0.15, -0.1) is 0 Å². The molecule has 0 aromatic rings. The second-order valence-electron chi connectivity index (χ2n) is 5.57. The van der Waals surface area contributed by atoms with Crippen LogP contribution in [0.2, 0.25) is 0 Å². The van der Waals surface area contributed by atoms with Gasteiger partial charge in [0.05, 0.1) is 14.2 Å². The fourth-order valence-electron chi connectivity index (χ4n) is 2.32. The molecule has 22 heavy (non-hydrogen) atoms. The molecule has 0 aliphatic rings. The predicted octanol–water partition coefficient (Wildman–Crippen LogP) is 4.43. The normalized spacial score (nSPS) is 11.1. The minimum absolute atomic E-state index is 0.344. The number of rotatable bonds is 13. The zero-order valence-corrected chi connectivity index (χ0v) is 14.4. The minimum atomic E-state index is -0.843. The van der Waals surface area contributed by atoms with E-state index in [4.69, 9.17) is 0 Å². The fraction of sp³-hybridized carbons (Fsp3) is 0.778. The van der Waals surface area contributed by atoms with E-state index in [9.17, 15) is 9.59 Å². The van der Waals surface area contributed by atoms with Crippen LogP contribution >= 0.6 is 0 Å². The van der Waals surface area contributed by atoms with Crippen molar-refractivity contribution < 1.29 is 19.1 Å². The monoisotopic (exact) mass is 312 g/mol. The van der Waals surface area contributed by atoms with E-state index in [0.29, 0.717) is 6.42 Å². The highest BCUT2D eigenvalue weighted by molar-refractivity contribution is 5.94. The number of allylic oxidation sites excluding steroid dienone is 2. The summed E-state index contributed by atoms with van der Waals surface area (Å²) in [5.74, 6) is -1.92. The maximum Gasteiger partial charge on any atom is 0.320 e. The van der Waals surface area contributed by atoms with Gasteiger partial charge in [0.25, 0.3) is 0 Å². The lowest BCUT2D eigenvalue weighted by Gasteiger charge is -2.09. The van der Waals surface area contributed by atoms with Crippen LogP contribution in [0.3, 0.4) is 0 Å². The zero-order valence-electron chi connectivity index (χ0n) is 14.4. The highest BCUT2D eigenvalue weighted by Gasteiger charge is 2.26. The standard InChI is InChI=1S/C18H32O4/c1-4-5-6-7-8-9-10-11-12-13-14-15-16(17(19)21-2)18(20)22-3/h13-14,16H,4-12,15H2,1-3H3/b14-13+. The summed E-state index contributed by atoms with van der Waals surface area (Å²) in [7, 11) is 2.56. The van der Waals surface area contributed by atoms with Gasteiger partial charge >= 0.3 is 11.9 Å². The Bertz CT molecular complexity index is 307. The maximum absolute atomic E-state index is 11.5. The van der Waals surface area contributed by atoms with Gasteiger partial charge in [-0.3, -0.25) is 9.59 Å². The van der Waals surface area contributed by atoms with Gasteiger partial charge < -0.3 is 9.47 Å². The highest BCUT2D eigenvalue weighted by Crippen LogP contribution is 2.12. The molecule has 0 unspecified atom stereocenters. The molecule has 0 spiro atoms. The van der Waals surface area contributed by atoms with Crippen molar-refractivity contribution in [2.24, 2.45) is 5.92 Å². The van der Waals surface area contributed by atoms with Crippen molar-refractivity contribution >= 4 is 11.9 Å². The molecule has 0 heterocycles. The van der Waals surface area contributed by atoms with Crippen LogP contribution in [-0.4, -0.2) is 26.2 Å². The smallest absolute Gasteiger partial charge is 0.320 e. The zero-order chi connectivity index (χ0) is 16.6. The van der Waals surface area contributed by atoms with Crippen LogP contribution in [-0.2, 0) is 19.1 Å². The molecule has 0 aromatic carbocycles. The summed E-state index contributed by atoms with van der Waals surface area (Å²) >= 11 is 0. The van der Waals surface area contributed by atoms with Crippen LogP contribution in [0.4, 0.5) is 0 Å². The number of methoxy groups -OCH3 is 2. The van der Waals surface area contributed by atoms with Crippen molar-refractivity contribution in [2.45, 2.75) is 71.1 Å². The summed E-state index contributed by atoms with van der Waals surface area (Å²) in [6.07, 6.45) is 15.6. The van der Waals surface area contributed by atoms with Gasteiger partial charge in [0, 0.05) is 0 Å². The highest BCUT2D eigenvalue weighted by atomic mass is 16.5. The average molecular weight is 312 g/mol. The van der Waals surface area contributed by atoms with Crippen LogP contribution in [0.15, 0.2) is 12.2 Å². The lowest BCUT2D eigenvalue weighted by molar-refractivity contribution is -0.158. The Labute approximate surface area is 135 Å². The molecule has 0 N–H and O–H groups in total. The second-order valence-corrected chi connectivity index (χ2v) is 5.57. The second kappa shape index (κ2) is 14.6. The summed E-state index contributed by atoms with van der Waals surface area (Å²) in [4.78, 5) is 22.9. The number of hydrogen-bond donors (Lipinski definition) is 0. The first-order chi connectivity index (χ1) is 10.7. The van der Waals surface area contributed by atoms with Crippen molar-refractivity contribution in [3.05, 3.63) is 12.2 Å². The van der Waals surface area contributed by atoms with Crippen LogP contribution < -0.4 is 0 Å². The molecule has 0 atom stereocenters. The number of carbonyl (C=O) groups is 2. The summed E-state index contributed by atoms with van der Waals surface area (Å²) in [5, 5.41) is 0. The number of esters is 2. The molecule has 0 rings (SSSR count). The van der Waals surface area contributed by atoms with Gasteiger partial charge in [-0.25, -0.2) is 0 Å². The van der Waals surface area contributed by atoms with E-state index < -0.39 is 17.9 Å². The first-order valence-corrected chi connectivity index (χ1v) is 8.48. The van der Waals surface area contributed by atoms with E-state index >= 15 is 0 Å². The molecule has 0 saturated heterocycles. The van der Waals surface area contributed by atoms with Crippen molar-refractivity contribution in [3.8, 4) is 0 Å². The Kier molecular flexibility index (Phi) is 13.7. The Hall–Kier alpha value is -1.32. The summed E-state index contributed by atoms with van der Waals surface area (Å²) in [6, 6.07) is 0. The molecule has 4 heteroatoms. The Morgan fingerprint density at radius 1 is 0.818 bits per heavy atom. The molecular weight excluding hydrogens is 280 g/mol. The fourth-order valence-corrected chi connectivity index (χ4v) is 2.32. The van der Waals surface area contributed by atoms with E-state index in [1.807, 2.05) is 12.2 Å². The molecule has 4 nitrogen and oxygen atoms in total. The van der Waals surface area contributed by atoms with Gasteiger partial charge in [0.1, 0.15) is 0 Å². The number of ether oxygens (including phenoxy) is 2. The SMILES string of the molecule is CCCCCCCCCC/C=C/CC(C(=O)OC)C(=O)OC. The van der Waals surface area contributed by atoms with Crippen LogP contribution in [0, 0.1) is 5.92 Å². The Balaban J connectivity index is 3.71. The van der Waals surface area contributed by atoms with E-state index in [1.165, 1.54) is 59.2 Å². The molecule has 0 bridgehead atoms. The Morgan fingerprint density at radius 3 is 1.82 bits per heavy atom. The van der Waals surface area contributed by atoms with Gasteiger partial charge in [-0.2, -0.15) is 0 Å². The maximum atomic E-state index is 11.5. The molecular formula is C18H32O4. The van der Waals surface area contributed by atoms with Crippen LogP contribution in [0.25, 0.3) is 0 Å². The Morgan fingerprint density at radius 2 is 1.32 bits per heavy atom. The van der Waals surface area contributed by atoms with Crippen molar-refractivity contribution in [2.75, 3.05) is 14.2 Å². The van der Waals surface area contributed by atoms with Gasteiger partial charge in [0.15, 0.2) is 5.92 Å². The molecule has 128 valence electrons. The third-order valence-corrected chi connectivity index (χ3v) is 3.73. The number of unbranched alkanes of at least 4 members (excludes halogenated alkanes) is 8. The number of hydrogen-bond acceptors (Lipinski definition) is 4.